The summed E-state index contributed by atoms with van der Waals surface area (Å²) in [6.45, 7) is 4.63. The second-order valence-corrected chi connectivity index (χ2v) is 10.5. The molecule has 5 heteroatoms. The summed E-state index contributed by atoms with van der Waals surface area (Å²) in [7, 11) is 0.703. The molecule has 3 aromatic rings. The zero-order valence-corrected chi connectivity index (χ0v) is 19.8. The van der Waals surface area contributed by atoms with E-state index in [4.69, 9.17) is 4.52 Å². The van der Waals surface area contributed by atoms with Gasteiger partial charge >= 0.3 is 0 Å². The van der Waals surface area contributed by atoms with E-state index in [2.05, 4.69) is 31.3 Å². The van der Waals surface area contributed by atoms with Crippen LogP contribution in [0, 0.1) is 6.92 Å². The van der Waals surface area contributed by atoms with Crippen LogP contribution < -0.4 is 15.5 Å². The van der Waals surface area contributed by atoms with E-state index in [9.17, 15) is 4.57 Å². The summed E-state index contributed by atoms with van der Waals surface area (Å²) in [5.41, 5.74) is 4.09. The van der Waals surface area contributed by atoms with Gasteiger partial charge in [0.25, 0.3) is 7.37 Å². The van der Waals surface area contributed by atoms with Gasteiger partial charge in [-0.3, -0.25) is 4.57 Å². The number of rotatable bonds is 10. The second-order valence-electron chi connectivity index (χ2n) is 8.02. The van der Waals surface area contributed by atoms with Gasteiger partial charge in [-0.2, -0.15) is 0 Å². The van der Waals surface area contributed by atoms with E-state index >= 15 is 0 Å². The summed E-state index contributed by atoms with van der Waals surface area (Å²) in [6.07, 6.45) is 1.85. The van der Waals surface area contributed by atoms with Crippen molar-refractivity contribution in [2.45, 2.75) is 32.5 Å². The first-order chi connectivity index (χ1) is 14.9. The van der Waals surface area contributed by atoms with E-state index in [0.29, 0.717) is 6.61 Å². The highest BCUT2D eigenvalue weighted by molar-refractivity contribution is 7.67. The van der Waals surface area contributed by atoms with Crippen molar-refractivity contribution >= 4 is 24.0 Å². The topological polar surface area (TPSA) is 41.6 Å². The number of para-hydroxylation sites is 1. The highest BCUT2D eigenvalue weighted by atomic mass is 31.2. The molecule has 0 saturated heterocycles. The van der Waals surface area contributed by atoms with E-state index in [1.54, 1.807) is 0 Å². The Kier molecular flexibility index (Phi) is 7.95. The number of anilines is 2. The summed E-state index contributed by atoms with van der Waals surface area (Å²) >= 11 is 0. The van der Waals surface area contributed by atoms with Gasteiger partial charge in [0.1, 0.15) is 5.78 Å². The summed E-state index contributed by atoms with van der Waals surface area (Å²) in [4.78, 5) is 2.03. The lowest BCUT2D eigenvalue weighted by Gasteiger charge is -2.30. The van der Waals surface area contributed by atoms with Crippen molar-refractivity contribution in [3.8, 4) is 0 Å². The Morgan fingerprint density at radius 3 is 2.16 bits per heavy atom. The van der Waals surface area contributed by atoms with Gasteiger partial charge in [0.15, 0.2) is 0 Å². The highest BCUT2D eigenvalue weighted by Crippen LogP contribution is 2.59. The molecule has 0 spiro atoms. The number of hydrogen-bond donors (Lipinski definition) is 1. The Hall–Kier alpha value is -2.55. The summed E-state index contributed by atoms with van der Waals surface area (Å²) in [5.74, 6) is -0.488. The monoisotopic (exact) mass is 436 g/mol. The molecule has 0 aliphatic carbocycles. The molecule has 0 aliphatic heterocycles. The van der Waals surface area contributed by atoms with Crippen LogP contribution in [0.4, 0.5) is 11.4 Å². The minimum Gasteiger partial charge on any atom is -0.378 e. The molecule has 0 amide bonds. The SMILES string of the molecule is CCCCO[P@@](=O)(c1ccc(N(C)C)cc1)[C@H](Nc1ccccc1)c1ccc(C)cc1. The maximum Gasteiger partial charge on any atom is 0.258 e. The molecule has 0 unspecified atom stereocenters. The van der Waals surface area contributed by atoms with Gasteiger partial charge in [0.05, 0.1) is 6.61 Å². The molecular formula is C26H33N2O2P. The normalized spacial score (nSPS) is 13.9. The van der Waals surface area contributed by atoms with Crippen LogP contribution in [0.15, 0.2) is 78.9 Å². The lowest BCUT2D eigenvalue weighted by atomic mass is 10.1. The fourth-order valence-corrected chi connectivity index (χ4v) is 5.85. The Morgan fingerprint density at radius 2 is 1.58 bits per heavy atom. The van der Waals surface area contributed by atoms with Crippen molar-refractivity contribution in [3.05, 3.63) is 90.0 Å². The molecule has 4 nitrogen and oxygen atoms in total. The predicted molar refractivity (Wildman–Crippen MR) is 133 cm³/mol. The van der Waals surface area contributed by atoms with Crippen LogP contribution in [0.25, 0.3) is 0 Å². The predicted octanol–water partition coefficient (Wildman–Crippen LogP) is 6.59. The average molecular weight is 437 g/mol. The lowest BCUT2D eigenvalue weighted by Crippen LogP contribution is -2.21. The number of nitrogens with one attached hydrogen (secondary N) is 1. The zero-order chi connectivity index (χ0) is 22.3. The van der Waals surface area contributed by atoms with Gasteiger partial charge in [0, 0.05) is 30.8 Å². The third kappa shape index (κ3) is 5.78. The summed E-state index contributed by atoms with van der Waals surface area (Å²) in [6, 6.07) is 26.0. The van der Waals surface area contributed by atoms with E-state index in [1.165, 1.54) is 5.56 Å². The van der Waals surface area contributed by atoms with Crippen LogP contribution in [-0.4, -0.2) is 20.7 Å². The maximum atomic E-state index is 14.7. The number of benzene rings is 3. The minimum absolute atomic E-state index is 0.460. The Labute approximate surface area is 186 Å². The third-order valence-electron chi connectivity index (χ3n) is 5.32. The standard InChI is InChI=1S/C26H33N2O2P/c1-5-6-20-30-31(29,25-18-16-24(17-19-25)28(3)4)26(22-14-12-21(2)13-15-22)27-23-10-8-7-9-11-23/h7-19,26-27H,5-6,20H2,1-4H3/t26-,31-/m0/s1. The van der Waals surface area contributed by atoms with Crippen LogP contribution in [0.2, 0.25) is 0 Å². The largest absolute Gasteiger partial charge is 0.378 e. The van der Waals surface area contributed by atoms with Crippen molar-refractivity contribution in [3.63, 3.8) is 0 Å². The first kappa shape index (κ1) is 23.1. The van der Waals surface area contributed by atoms with E-state index in [1.807, 2.05) is 85.7 Å². The van der Waals surface area contributed by atoms with Gasteiger partial charge in [-0.15, -0.1) is 0 Å². The van der Waals surface area contributed by atoms with Crippen molar-refractivity contribution in [1.29, 1.82) is 0 Å². The van der Waals surface area contributed by atoms with Crippen molar-refractivity contribution in [2.75, 3.05) is 30.9 Å². The Balaban J connectivity index is 2.08. The van der Waals surface area contributed by atoms with E-state index in [-0.39, 0.29) is 0 Å². The molecule has 3 rings (SSSR count). The van der Waals surface area contributed by atoms with Gasteiger partial charge < -0.3 is 14.7 Å². The van der Waals surface area contributed by atoms with Crippen molar-refractivity contribution < 1.29 is 9.09 Å². The van der Waals surface area contributed by atoms with Gasteiger partial charge in [0.2, 0.25) is 0 Å². The lowest BCUT2D eigenvalue weighted by molar-refractivity contribution is 0.308. The molecule has 0 heterocycles. The first-order valence-corrected chi connectivity index (χ1v) is 12.5. The highest BCUT2D eigenvalue weighted by Gasteiger charge is 2.37. The fraction of sp³-hybridized carbons (Fsp3) is 0.308. The Morgan fingerprint density at radius 1 is 0.935 bits per heavy atom. The molecule has 31 heavy (non-hydrogen) atoms. The molecule has 0 bridgehead atoms. The molecular weight excluding hydrogens is 403 g/mol. The molecule has 3 aromatic carbocycles. The quantitative estimate of drug-likeness (QED) is 0.287. The van der Waals surface area contributed by atoms with Gasteiger partial charge in [-0.05, 0) is 55.3 Å². The third-order valence-corrected chi connectivity index (χ3v) is 8.01. The van der Waals surface area contributed by atoms with Crippen LogP contribution in [0.5, 0.6) is 0 Å². The summed E-state index contributed by atoms with van der Waals surface area (Å²) < 4.78 is 20.9. The number of hydrogen-bond acceptors (Lipinski definition) is 4. The molecule has 0 fully saturated rings. The molecule has 0 aromatic heterocycles. The number of unbranched alkanes of at least 4 members (excludes halogenated alkanes) is 1. The summed E-state index contributed by atoms with van der Waals surface area (Å²) in [5, 5.41) is 4.24. The number of aryl methyl sites for hydroxylation is 1. The van der Waals surface area contributed by atoms with E-state index in [0.717, 1.165) is 35.1 Å². The zero-order valence-electron chi connectivity index (χ0n) is 18.9. The van der Waals surface area contributed by atoms with Crippen LogP contribution in [0.3, 0.4) is 0 Å². The Bertz CT molecular complexity index is 986. The molecule has 0 aliphatic rings. The van der Waals surface area contributed by atoms with Gasteiger partial charge in [-0.1, -0.05) is 61.4 Å². The van der Waals surface area contributed by atoms with Crippen LogP contribution >= 0.6 is 7.37 Å². The average Bonchev–Trinajstić information content (AvgIpc) is 2.79. The van der Waals surface area contributed by atoms with Crippen molar-refractivity contribution in [1.82, 2.24) is 0 Å². The first-order valence-electron chi connectivity index (χ1n) is 10.8. The van der Waals surface area contributed by atoms with E-state index < -0.39 is 13.2 Å². The smallest absolute Gasteiger partial charge is 0.258 e. The van der Waals surface area contributed by atoms with Crippen LogP contribution in [-0.2, 0) is 9.09 Å². The number of nitrogens with zero attached hydrogens (tertiary/aromatic N) is 1. The molecule has 1 N–H and O–H groups in total. The maximum absolute atomic E-state index is 14.7. The molecule has 164 valence electrons. The minimum atomic E-state index is -3.29. The van der Waals surface area contributed by atoms with Gasteiger partial charge in [-0.25, -0.2) is 0 Å². The van der Waals surface area contributed by atoms with Crippen molar-refractivity contribution in [2.24, 2.45) is 0 Å². The molecule has 0 radical (unpaired) electrons. The molecule has 2 atom stereocenters. The van der Waals surface area contributed by atoms with Crippen LogP contribution in [0.1, 0.15) is 36.7 Å². The molecule has 0 saturated carbocycles. The fourth-order valence-electron chi connectivity index (χ4n) is 3.41. The second kappa shape index (κ2) is 10.7.